The molecule has 21 heavy (non-hydrogen) atoms. The van der Waals surface area contributed by atoms with E-state index >= 15 is 0 Å². The monoisotopic (exact) mass is 300 g/mol. The molecule has 0 aromatic heterocycles. The molecular weight excluding hydrogens is 276 g/mol. The zero-order valence-corrected chi connectivity index (χ0v) is 12.2. The number of amides is 3. The maximum absolute atomic E-state index is 11.5. The van der Waals surface area contributed by atoms with Gasteiger partial charge in [-0.25, -0.2) is 4.79 Å². The predicted molar refractivity (Wildman–Crippen MR) is 75.9 cm³/mol. The molecule has 1 rings (SSSR count). The highest BCUT2D eigenvalue weighted by atomic mass is 16.5. The summed E-state index contributed by atoms with van der Waals surface area (Å²) in [6.45, 7) is 1.26. The summed E-state index contributed by atoms with van der Waals surface area (Å²) >= 11 is 0. The fourth-order valence-electron chi connectivity index (χ4n) is 2.18. The molecule has 0 spiro atoms. The van der Waals surface area contributed by atoms with Crippen LogP contribution in [0.4, 0.5) is 4.79 Å². The Morgan fingerprint density at radius 1 is 1.14 bits per heavy atom. The third kappa shape index (κ3) is 9.01. The number of carbonyl (C=O) groups excluding carboxylic acids is 2. The number of unbranched alkanes of at least 4 members (excludes halogenated alkanes) is 1. The molecule has 0 radical (unpaired) electrons. The van der Waals surface area contributed by atoms with Crippen molar-refractivity contribution >= 4 is 17.9 Å². The molecule has 120 valence electrons. The lowest BCUT2D eigenvalue weighted by atomic mass is 10.1. The third-order valence-electron chi connectivity index (χ3n) is 3.32. The molecule has 1 unspecified atom stereocenters. The largest absolute Gasteiger partial charge is 0.481 e. The summed E-state index contributed by atoms with van der Waals surface area (Å²) in [5.74, 6) is -1.26. The van der Waals surface area contributed by atoms with E-state index in [9.17, 15) is 14.4 Å². The van der Waals surface area contributed by atoms with Gasteiger partial charge in [-0.2, -0.15) is 0 Å². The van der Waals surface area contributed by atoms with Crippen molar-refractivity contribution in [2.45, 2.75) is 57.5 Å². The molecule has 0 aromatic rings. The van der Waals surface area contributed by atoms with Gasteiger partial charge < -0.3 is 15.2 Å². The van der Waals surface area contributed by atoms with Gasteiger partial charge in [-0.05, 0) is 38.5 Å². The van der Waals surface area contributed by atoms with Crippen molar-refractivity contribution in [3.05, 3.63) is 0 Å². The van der Waals surface area contributed by atoms with E-state index in [1.807, 2.05) is 0 Å². The van der Waals surface area contributed by atoms with Crippen molar-refractivity contribution in [3.8, 4) is 0 Å². The number of ether oxygens (including phenoxy) is 1. The smallest absolute Gasteiger partial charge is 0.321 e. The van der Waals surface area contributed by atoms with Gasteiger partial charge in [0, 0.05) is 26.0 Å². The Morgan fingerprint density at radius 3 is 2.57 bits per heavy atom. The molecule has 0 bridgehead atoms. The summed E-state index contributed by atoms with van der Waals surface area (Å²) < 4.78 is 5.54. The number of urea groups is 1. The van der Waals surface area contributed by atoms with Crippen molar-refractivity contribution in [3.63, 3.8) is 0 Å². The Bertz CT molecular complexity index is 353. The van der Waals surface area contributed by atoms with Gasteiger partial charge in [0.2, 0.25) is 5.91 Å². The first-order chi connectivity index (χ1) is 10.1. The van der Waals surface area contributed by atoms with Crippen LogP contribution in [-0.2, 0) is 14.3 Å². The Labute approximate surface area is 124 Å². The average Bonchev–Trinajstić information content (AvgIpc) is 2.44. The van der Waals surface area contributed by atoms with E-state index in [1.54, 1.807) is 0 Å². The molecule has 1 fully saturated rings. The number of nitrogens with one attached hydrogen (secondary N) is 2. The van der Waals surface area contributed by atoms with Crippen LogP contribution in [0.3, 0.4) is 0 Å². The van der Waals surface area contributed by atoms with Crippen LogP contribution in [0.1, 0.15) is 51.4 Å². The average molecular weight is 300 g/mol. The highest BCUT2D eigenvalue weighted by molar-refractivity contribution is 5.94. The van der Waals surface area contributed by atoms with Gasteiger partial charge in [0.1, 0.15) is 0 Å². The summed E-state index contributed by atoms with van der Waals surface area (Å²) in [6, 6.07) is -0.506. The van der Waals surface area contributed by atoms with Crippen LogP contribution in [0.5, 0.6) is 0 Å². The topological polar surface area (TPSA) is 105 Å². The van der Waals surface area contributed by atoms with E-state index in [0.29, 0.717) is 19.4 Å². The lowest BCUT2D eigenvalue weighted by Crippen LogP contribution is -2.40. The maximum Gasteiger partial charge on any atom is 0.321 e. The van der Waals surface area contributed by atoms with Gasteiger partial charge in [0.05, 0.1) is 6.10 Å². The summed E-state index contributed by atoms with van der Waals surface area (Å²) in [7, 11) is 0. The van der Waals surface area contributed by atoms with Crippen LogP contribution in [0.25, 0.3) is 0 Å². The number of carboxylic acid groups (broad SMARTS) is 1. The fraction of sp³-hybridized carbons (Fsp3) is 0.786. The molecule has 1 heterocycles. The summed E-state index contributed by atoms with van der Waals surface area (Å²) in [6.07, 6.45) is 5.32. The van der Waals surface area contributed by atoms with Gasteiger partial charge in [0.25, 0.3) is 0 Å². The predicted octanol–water partition coefficient (Wildman–Crippen LogP) is 1.42. The van der Waals surface area contributed by atoms with Crippen molar-refractivity contribution < 1.29 is 24.2 Å². The summed E-state index contributed by atoms with van der Waals surface area (Å²) in [4.78, 5) is 33.2. The molecule has 1 saturated heterocycles. The Hall–Kier alpha value is -1.63. The van der Waals surface area contributed by atoms with Crippen LogP contribution >= 0.6 is 0 Å². The minimum Gasteiger partial charge on any atom is -0.481 e. The number of hydrogen-bond donors (Lipinski definition) is 3. The van der Waals surface area contributed by atoms with Gasteiger partial charge >= 0.3 is 12.0 Å². The van der Waals surface area contributed by atoms with Crippen LogP contribution in [0, 0.1) is 0 Å². The molecule has 1 aliphatic heterocycles. The summed E-state index contributed by atoms with van der Waals surface area (Å²) in [5, 5.41) is 13.3. The number of carboxylic acids is 1. The number of carbonyl (C=O) groups is 3. The minimum absolute atomic E-state index is 0.0425. The van der Waals surface area contributed by atoms with Crippen LogP contribution < -0.4 is 10.6 Å². The van der Waals surface area contributed by atoms with E-state index in [4.69, 9.17) is 9.84 Å². The maximum atomic E-state index is 11.5. The SMILES string of the molecule is O=C(O)CCCCC(=O)NC(=O)NCCC1CCCCO1. The van der Waals surface area contributed by atoms with Crippen LogP contribution in [0.15, 0.2) is 0 Å². The number of hydrogen-bond acceptors (Lipinski definition) is 4. The second-order valence-corrected chi connectivity index (χ2v) is 5.18. The van der Waals surface area contributed by atoms with E-state index in [2.05, 4.69) is 10.6 Å². The number of rotatable bonds is 8. The lowest BCUT2D eigenvalue weighted by Gasteiger charge is -2.22. The molecule has 3 N–H and O–H groups in total. The standard InChI is InChI=1S/C14H24N2O5/c17-12(6-1-2-7-13(18)19)16-14(20)15-9-8-11-5-3-4-10-21-11/h11H,1-10H2,(H,18,19)(H2,15,16,17,20). The molecule has 1 atom stereocenters. The molecule has 3 amide bonds. The molecule has 7 nitrogen and oxygen atoms in total. The van der Waals surface area contributed by atoms with Gasteiger partial charge in [0.15, 0.2) is 0 Å². The Morgan fingerprint density at radius 2 is 1.90 bits per heavy atom. The first-order valence-electron chi connectivity index (χ1n) is 7.49. The summed E-state index contributed by atoms with van der Waals surface area (Å²) in [5.41, 5.74) is 0. The Kier molecular flexibility index (Phi) is 8.42. The first-order valence-corrected chi connectivity index (χ1v) is 7.49. The molecule has 0 aliphatic carbocycles. The zero-order chi connectivity index (χ0) is 15.5. The quantitative estimate of drug-likeness (QED) is 0.588. The van der Waals surface area contributed by atoms with Gasteiger partial charge in [-0.3, -0.25) is 14.9 Å². The molecule has 0 aromatic carbocycles. The minimum atomic E-state index is -0.877. The van der Waals surface area contributed by atoms with Gasteiger partial charge in [-0.1, -0.05) is 0 Å². The number of imide groups is 1. The van der Waals surface area contributed by atoms with Crippen LogP contribution in [0.2, 0.25) is 0 Å². The first kappa shape index (κ1) is 17.4. The van der Waals surface area contributed by atoms with Gasteiger partial charge in [-0.15, -0.1) is 0 Å². The normalized spacial score (nSPS) is 18.0. The fourth-order valence-corrected chi connectivity index (χ4v) is 2.18. The van der Waals surface area contributed by atoms with Crippen molar-refractivity contribution in [2.24, 2.45) is 0 Å². The lowest BCUT2D eigenvalue weighted by molar-refractivity contribution is -0.137. The Balaban J connectivity index is 2.01. The van der Waals surface area contributed by atoms with Crippen LogP contribution in [-0.4, -0.2) is 42.3 Å². The second-order valence-electron chi connectivity index (χ2n) is 5.18. The van der Waals surface area contributed by atoms with Crippen molar-refractivity contribution in [1.82, 2.24) is 10.6 Å². The van der Waals surface area contributed by atoms with E-state index < -0.39 is 12.0 Å². The van der Waals surface area contributed by atoms with E-state index in [1.165, 1.54) is 0 Å². The third-order valence-corrected chi connectivity index (χ3v) is 3.32. The molecule has 0 saturated carbocycles. The highest BCUT2D eigenvalue weighted by Crippen LogP contribution is 2.14. The zero-order valence-electron chi connectivity index (χ0n) is 12.2. The molecule has 1 aliphatic rings. The highest BCUT2D eigenvalue weighted by Gasteiger charge is 2.14. The molecular formula is C14H24N2O5. The van der Waals surface area contributed by atoms with Crippen molar-refractivity contribution in [1.29, 1.82) is 0 Å². The second kappa shape index (κ2) is 10.1. The van der Waals surface area contributed by atoms with E-state index in [-0.39, 0.29) is 24.9 Å². The molecule has 7 heteroatoms. The van der Waals surface area contributed by atoms with E-state index in [0.717, 1.165) is 32.3 Å². The number of aliphatic carboxylic acids is 1. The van der Waals surface area contributed by atoms with Crippen molar-refractivity contribution in [2.75, 3.05) is 13.2 Å².